The molecule has 0 aromatic rings. The summed E-state index contributed by atoms with van der Waals surface area (Å²) in [7, 11) is 1.37. The topological polar surface area (TPSA) is 78.9 Å². The predicted molar refractivity (Wildman–Crippen MR) is 155 cm³/mol. The van der Waals surface area contributed by atoms with Gasteiger partial charge in [0.05, 0.1) is 18.9 Å². The third-order valence-corrected chi connectivity index (χ3v) is 8.68. The van der Waals surface area contributed by atoms with Gasteiger partial charge in [0, 0.05) is 6.42 Å². The summed E-state index contributed by atoms with van der Waals surface area (Å²) < 4.78 is 15.7. The molecule has 39 heavy (non-hydrogen) atoms. The van der Waals surface area contributed by atoms with Gasteiger partial charge in [0.25, 0.3) is 0 Å². The number of methoxy groups -OCH3 is 1. The molecular weight excluding hydrogens is 492 g/mol. The molecule has 0 spiro atoms. The van der Waals surface area contributed by atoms with Gasteiger partial charge in [0.2, 0.25) is 0 Å². The van der Waals surface area contributed by atoms with E-state index in [2.05, 4.69) is 19.1 Å². The fourth-order valence-electron chi connectivity index (χ4n) is 6.41. The number of hydrogen-bond donors (Lipinski definition) is 0. The van der Waals surface area contributed by atoms with Crippen molar-refractivity contribution in [1.29, 1.82) is 0 Å². The van der Waals surface area contributed by atoms with Crippen LogP contribution < -0.4 is 0 Å². The molecule has 1 fully saturated rings. The monoisotopic (exact) mass is 548 g/mol. The van der Waals surface area contributed by atoms with Crippen LogP contribution in [0.25, 0.3) is 0 Å². The molecule has 2 aliphatic rings. The van der Waals surface area contributed by atoms with E-state index in [9.17, 15) is 14.4 Å². The van der Waals surface area contributed by atoms with Crippen LogP contribution in [0.1, 0.15) is 135 Å². The Morgan fingerprint density at radius 3 is 1.54 bits per heavy atom. The summed E-state index contributed by atoms with van der Waals surface area (Å²) in [5.74, 6) is -1.47. The maximum Gasteiger partial charge on any atom is 0.310 e. The van der Waals surface area contributed by atoms with Crippen molar-refractivity contribution in [1.82, 2.24) is 0 Å². The van der Waals surface area contributed by atoms with E-state index < -0.39 is 11.8 Å². The van der Waals surface area contributed by atoms with Gasteiger partial charge in [-0.1, -0.05) is 109 Å². The van der Waals surface area contributed by atoms with Gasteiger partial charge in [-0.3, -0.25) is 14.4 Å². The Balaban J connectivity index is 1.45. The van der Waals surface area contributed by atoms with E-state index in [1.165, 1.54) is 90.6 Å². The summed E-state index contributed by atoms with van der Waals surface area (Å²) in [5, 5.41) is 0. The van der Waals surface area contributed by atoms with Crippen LogP contribution in [0.4, 0.5) is 0 Å². The lowest BCUT2D eigenvalue weighted by atomic mass is 9.53. The molecule has 1 saturated carbocycles. The van der Waals surface area contributed by atoms with Crippen molar-refractivity contribution in [3.63, 3.8) is 0 Å². The minimum atomic E-state index is -0.454. The highest BCUT2D eigenvalue weighted by molar-refractivity contribution is 5.85. The van der Waals surface area contributed by atoms with E-state index in [1.54, 1.807) is 0 Å². The quantitative estimate of drug-likeness (QED) is 0.0624. The first-order chi connectivity index (χ1) is 19.1. The van der Waals surface area contributed by atoms with Gasteiger partial charge < -0.3 is 14.2 Å². The van der Waals surface area contributed by atoms with Crippen LogP contribution in [0.5, 0.6) is 0 Å². The van der Waals surface area contributed by atoms with E-state index in [0.717, 1.165) is 38.5 Å². The van der Waals surface area contributed by atoms with Crippen LogP contribution in [-0.2, 0) is 28.6 Å². The van der Waals surface area contributed by atoms with E-state index in [0.29, 0.717) is 6.42 Å². The normalized spacial score (nSPS) is 23.0. The van der Waals surface area contributed by atoms with Gasteiger partial charge in [0.1, 0.15) is 13.2 Å². The van der Waals surface area contributed by atoms with Crippen molar-refractivity contribution in [2.45, 2.75) is 135 Å². The Bertz CT molecular complexity index is 717. The molecule has 2 aliphatic carbocycles. The number of carbonyl (C=O) groups is 3. The molecule has 0 unspecified atom stereocenters. The molecule has 0 heterocycles. The predicted octanol–water partition coefficient (Wildman–Crippen LogP) is 8.12. The number of rotatable bonds is 21. The second-order valence-corrected chi connectivity index (χ2v) is 11.6. The first-order valence-electron chi connectivity index (χ1n) is 16.1. The molecular formula is C33H56O6. The molecule has 224 valence electrons. The van der Waals surface area contributed by atoms with Gasteiger partial charge in [-0.25, -0.2) is 0 Å². The maximum absolute atomic E-state index is 12.8. The number of esters is 3. The third-order valence-electron chi connectivity index (χ3n) is 8.68. The van der Waals surface area contributed by atoms with Gasteiger partial charge in [-0.05, 0) is 43.9 Å². The fraction of sp³-hybridized carbons (Fsp3) is 0.848. The molecule has 0 amide bonds. The smallest absolute Gasteiger partial charge is 0.310 e. The average molecular weight is 549 g/mol. The molecule has 6 nitrogen and oxygen atoms in total. The molecule has 4 atom stereocenters. The van der Waals surface area contributed by atoms with Crippen LogP contribution in [-0.4, -0.2) is 38.2 Å². The van der Waals surface area contributed by atoms with Gasteiger partial charge in [-0.2, -0.15) is 0 Å². The lowest BCUT2D eigenvalue weighted by Gasteiger charge is -2.49. The standard InChI is InChI=1S/C33H56O6/c1-3-4-5-6-7-8-9-10-11-12-13-14-15-16-21-24-29(34)38-25-26-39-33(36)31-28-23-20-18-17-19-22-27(28)30(31)32(35)37-2/h17-18,27-28,30-31H,3-16,19-26H2,1-2H3/b18-17+/t27-,28-,30+,31-/m1/s1. The number of ether oxygens (including phenoxy) is 3. The minimum Gasteiger partial charge on any atom is -0.469 e. The number of carbonyl (C=O) groups excluding carboxylic acids is 3. The number of allylic oxidation sites excluding steroid dienone is 2. The Hall–Kier alpha value is -1.85. The molecule has 0 radical (unpaired) electrons. The Kier molecular flexibility index (Phi) is 17.9. The average Bonchev–Trinajstić information content (AvgIpc) is 2.92. The van der Waals surface area contributed by atoms with Crippen molar-refractivity contribution in [3.8, 4) is 0 Å². The summed E-state index contributed by atoms with van der Waals surface area (Å²) >= 11 is 0. The highest BCUT2D eigenvalue weighted by Crippen LogP contribution is 2.52. The molecule has 0 bridgehead atoms. The van der Waals surface area contributed by atoms with Gasteiger partial charge in [-0.15, -0.1) is 0 Å². The summed E-state index contributed by atoms with van der Waals surface area (Å²) in [6.07, 6.45) is 27.7. The summed E-state index contributed by atoms with van der Waals surface area (Å²) in [5.41, 5.74) is 0. The fourth-order valence-corrected chi connectivity index (χ4v) is 6.41. The second-order valence-electron chi connectivity index (χ2n) is 11.6. The SMILES string of the molecule is CCCCCCCCCCCCCCCCCC(=O)OCCOC(=O)[C@@H]1[C@@H]2CC/C=C/CC[C@H]2[C@@H]1C(=O)OC. The van der Waals surface area contributed by atoms with Crippen LogP contribution in [0.3, 0.4) is 0 Å². The minimum absolute atomic E-state index is 0.0328. The van der Waals surface area contributed by atoms with Crippen LogP contribution in [0.15, 0.2) is 12.2 Å². The van der Waals surface area contributed by atoms with Crippen LogP contribution >= 0.6 is 0 Å². The van der Waals surface area contributed by atoms with Crippen molar-refractivity contribution in [2.24, 2.45) is 23.7 Å². The zero-order valence-corrected chi connectivity index (χ0v) is 25.0. The number of fused-ring (bicyclic) bond motifs is 1. The Morgan fingerprint density at radius 2 is 1.05 bits per heavy atom. The maximum atomic E-state index is 12.8. The molecule has 0 aromatic carbocycles. The Morgan fingerprint density at radius 1 is 0.615 bits per heavy atom. The van der Waals surface area contributed by atoms with Gasteiger partial charge >= 0.3 is 17.9 Å². The largest absolute Gasteiger partial charge is 0.469 e. The number of hydrogen-bond acceptors (Lipinski definition) is 6. The van der Waals surface area contributed by atoms with E-state index in [-0.39, 0.29) is 43.0 Å². The molecule has 2 rings (SSSR count). The van der Waals surface area contributed by atoms with Crippen molar-refractivity contribution in [3.05, 3.63) is 12.2 Å². The first kappa shape index (κ1) is 33.4. The van der Waals surface area contributed by atoms with Crippen molar-refractivity contribution < 1.29 is 28.6 Å². The molecule has 0 aliphatic heterocycles. The molecule has 0 aromatic heterocycles. The first-order valence-corrected chi connectivity index (χ1v) is 16.1. The molecule has 0 N–H and O–H groups in total. The van der Waals surface area contributed by atoms with Crippen molar-refractivity contribution in [2.75, 3.05) is 20.3 Å². The third kappa shape index (κ3) is 12.9. The zero-order chi connectivity index (χ0) is 28.1. The number of unbranched alkanes of at least 4 members (excludes halogenated alkanes) is 14. The van der Waals surface area contributed by atoms with Gasteiger partial charge in [0.15, 0.2) is 0 Å². The molecule has 6 heteroatoms. The summed E-state index contributed by atoms with van der Waals surface area (Å²) in [6, 6.07) is 0. The highest BCUT2D eigenvalue weighted by Gasteiger charge is 2.57. The van der Waals surface area contributed by atoms with Crippen molar-refractivity contribution >= 4 is 17.9 Å². The summed E-state index contributed by atoms with van der Waals surface area (Å²) in [4.78, 5) is 37.2. The van der Waals surface area contributed by atoms with E-state index in [1.807, 2.05) is 0 Å². The van der Waals surface area contributed by atoms with Crippen LogP contribution in [0, 0.1) is 23.7 Å². The summed E-state index contributed by atoms with van der Waals surface area (Å²) in [6.45, 7) is 2.36. The Labute approximate surface area is 238 Å². The lowest BCUT2D eigenvalue weighted by Crippen LogP contribution is -2.55. The van der Waals surface area contributed by atoms with E-state index in [4.69, 9.17) is 14.2 Å². The van der Waals surface area contributed by atoms with E-state index >= 15 is 0 Å². The highest BCUT2D eigenvalue weighted by atomic mass is 16.6. The lowest BCUT2D eigenvalue weighted by molar-refractivity contribution is -0.183. The van der Waals surface area contributed by atoms with Crippen LogP contribution in [0.2, 0.25) is 0 Å². The zero-order valence-electron chi connectivity index (χ0n) is 25.0. The second kappa shape index (κ2) is 21.0. The molecule has 0 saturated heterocycles.